The molecule has 0 heterocycles. The van der Waals surface area contributed by atoms with Crippen molar-refractivity contribution in [3.05, 3.63) is 35.4 Å². The zero-order valence-corrected chi connectivity index (χ0v) is 9.21. The van der Waals surface area contributed by atoms with Gasteiger partial charge in [0.25, 0.3) is 0 Å². The van der Waals surface area contributed by atoms with E-state index < -0.39 is 15.3 Å². The summed E-state index contributed by atoms with van der Waals surface area (Å²) in [4.78, 5) is 0. The SMILES string of the molecule is CCC(c1ccc(C)cc1)S(N)(=O)=O. The molecular formula is C10H15NO2S. The van der Waals surface area contributed by atoms with Gasteiger partial charge in [0.05, 0.1) is 5.25 Å². The molecule has 3 nitrogen and oxygen atoms in total. The van der Waals surface area contributed by atoms with Crippen LogP contribution >= 0.6 is 0 Å². The van der Waals surface area contributed by atoms with E-state index in [0.29, 0.717) is 6.42 Å². The van der Waals surface area contributed by atoms with Crippen LogP contribution < -0.4 is 5.14 Å². The third-order valence-electron chi connectivity index (χ3n) is 2.22. The summed E-state index contributed by atoms with van der Waals surface area (Å²) in [6, 6.07) is 7.41. The molecule has 1 aromatic carbocycles. The van der Waals surface area contributed by atoms with Crippen LogP contribution in [0.5, 0.6) is 0 Å². The minimum absolute atomic E-state index is 0.502. The van der Waals surface area contributed by atoms with Crippen molar-refractivity contribution in [2.75, 3.05) is 0 Å². The molecule has 4 heteroatoms. The highest BCUT2D eigenvalue weighted by atomic mass is 32.2. The predicted molar refractivity (Wildman–Crippen MR) is 57.3 cm³/mol. The Kier molecular flexibility index (Phi) is 3.29. The van der Waals surface area contributed by atoms with Gasteiger partial charge in [0.15, 0.2) is 0 Å². The van der Waals surface area contributed by atoms with Gasteiger partial charge in [-0.2, -0.15) is 0 Å². The van der Waals surface area contributed by atoms with Gasteiger partial charge in [0.2, 0.25) is 10.0 Å². The number of primary sulfonamides is 1. The van der Waals surface area contributed by atoms with Gasteiger partial charge in [0, 0.05) is 0 Å². The van der Waals surface area contributed by atoms with Gasteiger partial charge in [-0.3, -0.25) is 0 Å². The van der Waals surface area contributed by atoms with Crippen molar-refractivity contribution in [3.63, 3.8) is 0 Å². The van der Waals surface area contributed by atoms with E-state index in [1.165, 1.54) is 0 Å². The van der Waals surface area contributed by atoms with Crippen molar-refractivity contribution in [2.24, 2.45) is 5.14 Å². The molecule has 1 unspecified atom stereocenters. The van der Waals surface area contributed by atoms with E-state index in [1.807, 2.05) is 38.1 Å². The van der Waals surface area contributed by atoms with Crippen molar-refractivity contribution in [1.82, 2.24) is 0 Å². The quantitative estimate of drug-likeness (QED) is 0.831. The van der Waals surface area contributed by atoms with Crippen molar-refractivity contribution in [2.45, 2.75) is 25.5 Å². The fourth-order valence-electron chi connectivity index (χ4n) is 1.44. The fraction of sp³-hybridized carbons (Fsp3) is 0.400. The molecule has 0 aromatic heterocycles. The summed E-state index contributed by atoms with van der Waals surface area (Å²) in [7, 11) is -3.48. The van der Waals surface area contributed by atoms with E-state index in [4.69, 9.17) is 5.14 Å². The van der Waals surface area contributed by atoms with Crippen LogP contribution in [-0.2, 0) is 10.0 Å². The fourth-order valence-corrected chi connectivity index (χ4v) is 2.44. The molecule has 2 N–H and O–H groups in total. The molecule has 0 radical (unpaired) electrons. The van der Waals surface area contributed by atoms with Gasteiger partial charge in [-0.1, -0.05) is 36.8 Å². The first kappa shape index (κ1) is 11.2. The van der Waals surface area contributed by atoms with Gasteiger partial charge >= 0.3 is 0 Å². The lowest BCUT2D eigenvalue weighted by molar-refractivity contribution is 0.581. The molecular weight excluding hydrogens is 198 g/mol. The van der Waals surface area contributed by atoms with Gasteiger partial charge in [0.1, 0.15) is 0 Å². The van der Waals surface area contributed by atoms with Gasteiger partial charge in [-0.15, -0.1) is 0 Å². The second kappa shape index (κ2) is 4.11. The lowest BCUT2D eigenvalue weighted by atomic mass is 10.1. The van der Waals surface area contributed by atoms with Gasteiger partial charge in [-0.05, 0) is 18.9 Å². The van der Waals surface area contributed by atoms with Crippen LogP contribution in [0.4, 0.5) is 0 Å². The van der Waals surface area contributed by atoms with Crippen LogP contribution in [-0.4, -0.2) is 8.42 Å². The van der Waals surface area contributed by atoms with E-state index in [2.05, 4.69) is 0 Å². The average molecular weight is 213 g/mol. The Morgan fingerprint density at radius 1 is 1.29 bits per heavy atom. The number of hydrogen-bond donors (Lipinski definition) is 1. The standard InChI is InChI=1S/C10H15NO2S/c1-3-10(14(11,12)13)9-6-4-8(2)5-7-9/h4-7,10H,3H2,1-2H3,(H2,11,12,13). The van der Waals surface area contributed by atoms with Crippen LogP contribution in [0.25, 0.3) is 0 Å². The number of rotatable bonds is 3. The molecule has 1 aromatic rings. The molecule has 0 bridgehead atoms. The summed E-state index contributed by atoms with van der Waals surface area (Å²) in [6.07, 6.45) is 0.502. The Balaban J connectivity index is 3.08. The number of sulfonamides is 1. The molecule has 1 atom stereocenters. The molecule has 1 rings (SSSR count). The van der Waals surface area contributed by atoms with E-state index in [1.54, 1.807) is 0 Å². The minimum Gasteiger partial charge on any atom is -0.228 e. The van der Waals surface area contributed by atoms with E-state index >= 15 is 0 Å². The zero-order valence-electron chi connectivity index (χ0n) is 8.40. The lowest BCUT2D eigenvalue weighted by Gasteiger charge is -2.12. The van der Waals surface area contributed by atoms with Crippen LogP contribution in [0, 0.1) is 6.92 Å². The number of benzene rings is 1. The number of aryl methyl sites for hydroxylation is 1. The zero-order chi connectivity index (χ0) is 10.8. The lowest BCUT2D eigenvalue weighted by Crippen LogP contribution is -2.21. The van der Waals surface area contributed by atoms with Gasteiger partial charge < -0.3 is 0 Å². The molecule has 0 aliphatic heterocycles. The molecule has 0 aliphatic rings. The molecule has 0 spiro atoms. The second-order valence-corrected chi connectivity index (χ2v) is 5.14. The molecule has 14 heavy (non-hydrogen) atoms. The van der Waals surface area contributed by atoms with Crippen molar-refractivity contribution >= 4 is 10.0 Å². The Morgan fingerprint density at radius 2 is 1.79 bits per heavy atom. The molecule has 0 fully saturated rings. The third-order valence-corrected chi connectivity index (χ3v) is 3.62. The van der Waals surface area contributed by atoms with Crippen LogP contribution in [0.15, 0.2) is 24.3 Å². The van der Waals surface area contributed by atoms with Gasteiger partial charge in [-0.25, -0.2) is 13.6 Å². The summed E-state index contributed by atoms with van der Waals surface area (Å²) in [5.74, 6) is 0. The number of nitrogens with two attached hydrogens (primary N) is 1. The Morgan fingerprint density at radius 3 is 2.14 bits per heavy atom. The third kappa shape index (κ3) is 2.56. The summed E-state index contributed by atoms with van der Waals surface area (Å²) in [5, 5.41) is 4.55. The smallest absolute Gasteiger partial charge is 0.216 e. The van der Waals surface area contributed by atoms with E-state index in [-0.39, 0.29) is 0 Å². The maximum Gasteiger partial charge on any atom is 0.216 e. The minimum atomic E-state index is -3.48. The van der Waals surface area contributed by atoms with Crippen LogP contribution in [0.1, 0.15) is 29.7 Å². The largest absolute Gasteiger partial charge is 0.228 e. The topological polar surface area (TPSA) is 60.2 Å². The maximum atomic E-state index is 11.2. The molecule has 78 valence electrons. The number of hydrogen-bond acceptors (Lipinski definition) is 2. The summed E-state index contributed by atoms with van der Waals surface area (Å²) < 4.78 is 22.5. The summed E-state index contributed by atoms with van der Waals surface area (Å²) in [5.41, 5.74) is 1.87. The van der Waals surface area contributed by atoms with E-state index in [0.717, 1.165) is 11.1 Å². The molecule has 0 saturated carbocycles. The molecule has 0 saturated heterocycles. The monoisotopic (exact) mass is 213 g/mol. The maximum absolute atomic E-state index is 11.2. The van der Waals surface area contributed by atoms with Crippen molar-refractivity contribution in [1.29, 1.82) is 0 Å². The summed E-state index contributed by atoms with van der Waals surface area (Å²) in [6.45, 7) is 3.77. The van der Waals surface area contributed by atoms with Crippen LogP contribution in [0.3, 0.4) is 0 Å². The summed E-state index contributed by atoms with van der Waals surface area (Å²) >= 11 is 0. The first-order chi connectivity index (χ1) is 6.45. The first-order valence-corrected chi connectivity index (χ1v) is 6.14. The first-order valence-electron chi connectivity index (χ1n) is 4.53. The highest BCUT2D eigenvalue weighted by Crippen LogP contribution is 2.23. The van der Waals surface area contributed by atoms with Crippen molar-refractivity contribution < 1.29 is 8.42 Å². The van der Waals surface area contributed by atoms with Crippen molar-refractivity contribution in [3.8, 4) is 0 Å². The Hall–Kier alpha value is -0.870. The highest BCUT2D eigenvalue weighted by Gasteiger charge is 2.20. The van der Waals surface area contributed by atoms with Crippen LogP contribution in [0.2, 0.25) is 0 Å². The highest BCUT2D eigenvalue weighted by molar-refractivity contribution is 7.89. The molecule has 0 amide bonds. The Bertz CT molecular complexity index is 395. The molecule has 0 aliphatic carbocycles. The normalized spacial score (nSPS) is 13.9. The average Bonchev–Trinajstić information content (AvgIpc) is 2.07. The predicted octanol–water partition coefficient (Wildman–Crippen LogP) is 1.73. The Labute approximate surface area is 85.0 Å². The van der Waals surface area contributed by atoms with E-state index in [9.17, 15) is 8.42 Å². The second-order valence-electron chi connectivity index (χ2n) is 3.40.